The Morgan fingerprint density at radius 2 is 2.06 bits per heavy atom. The van der Waals surface area contributed by atoms with Crippen LogP contribution in [0.4, 0.5) is 0 Å². The van der Waals surface area contributed by atoms with E-state index in [-0.39, 0.29) is 0 Å². The molecule has 1 aliphatic heterocycles. The van der Waals surface area contributed by atoms with Crippen LogP contribution in [0.2, 0.25) is 0 Å². The van der Waals surface area contributed by atoms with E-state index in [4.69, 9.17) is 4.42 Å². The van der Waals surface area contributed by atoms with Crippen molar-refractivity contribution in [1.29, 1.82) is 0 Å². The molecular weight excluding hydrogens is 226 g/mol. The third kappa shape index (κ3) is 3.56. The molecule has 0 aromatic carbocycles. The minimum absolute atomic E-state index is 0.868. The van der Waals surface area contributed by atoms with Crippen molar-refractivity contribution in [3.8, 4) is 0 Å². The molecule has 4 nitrogen and oxygen atoms in total. The second-order valence-corrected chi connectivity index (χ2v) is 5.36. The first-order valence-electron chi connectivity index (χ1n) is 6.99. The van der Waals surface area contributed by atoms with E-state index in [0.29, 0.717) is 0 Å². The molecule has 1 aliphatic rings. The standard InChI is InChI=1S/C14H25N3O/c1-11-12(2)18-14(16-11)10-17-8-5-13(6-9-17)4-7-15-3/h13,15H,4-10H2,1-3H3. The maximum atomic E-state index is 5.65. The van der Waals surface area contributed by atoms with Crippen LogP contribution >= 0.6 is 0 Å². The van der Waals surface area contributed by atoms with Crippen LogP contribution in [0.1, 0.15) is 36.6 Å². The molecule has 2 heterocycles. The number of oxazole rings is 1. The zero-order valence-corrected chi connectivity index (χ0v) is 11.8. The predicted molar refractivity (Wildman–Crippen MR) is 72.5 cm³/mol. The van der Waals surface area contributed by atoms with Crippen molar-refractivity contribution in [2.45, 2.75) is 39.7 Å². The summed E-state index contributed by atoms with van der Waals surface area (Å²) in [4.78, 5) is 6.91. The average molecular weight is 251 g/mol. The lowest BCUT2D eigenvalue weighted by Gasteiger charge is -2.31. The van der Waals surface area contributed by atoms with Gasteiger partial charge in [0.15, 0.2) is 0 Å². The smallest absolute Gasteiger partial charge is 0.208 e. The van der Waals surface area contributed by atoms with Crippen molar-refractivity contribution >= 4 is 0 Å². The predicted octanol–water partition coefficient (Wildman–Crippen LogP) is 2.11. The normalized spacial score (nSPS) is 18.4. The number of nitrogens with zero attached hydrogens (tertiary/aromatic N) is 2. The molecule has 0 unspecified atom stereocenters. The lowest BCUT2D eigenvalue weighted by Crippen LogP contribution is -2.34. The molecule has 0 amide bonds. The molecule has 0 spiro atoms. The summed E-state index contributed by atoms with van der Waals surface area (Å²) >= 11 is 0. The Kier molecular flexibility index (Phi) is 4.78. The molecule has 1 N–H and O–H groups in total. The number of aromatic nitrogens is 1. The molecule has 0 bridgehead atoms. The Morgan fingerprint density at radius 1 is 1.33 bits per heavy atom. The molecule has 0 aliphatic carbocycles. The SMILES string of the molecule is CNCCC1CCN(Cc2nc(C)c(C)o2)CC1. The van der Waals surface area contributed by atoms with E-state index in [1.165, 1.54) is 32.4 Å². The summed E-state index contributed by atoms with van der Waals surface area (Å²) in [5.41, 5.74) is 1.02. The molecule has 18 heavy (non-hydrogen) atoms. The maximum Gasteiger partial charge on any atom is 0.208 e. The molecule has 1 aromatic rings. The number of piperidine rings is 1. The maximum absolute atomic E-state index is 5.65. The number of likely N-dealkylation sites (tertiary alicyclic amines) is 1. The highest BCUT2D eigenvalue weighted by molar-refractivity contribution is 5.05. The summed E-state index contributed by atoms with van der Waals surface area (Å²) in [5.74, 6) is 2.72. The second-order valence-electron chi connectivity index (χ2n) is 5.36. The Hall–Kier alpha value is -0.870. The van der Waals surface area contributed by atoms with Crippen LogP contribution < -0.4 is 5.32 Å². The average Bonchev–Trinajstić information content (AvgIpc) is 2.67. The molecule has 1 saturated heterocycles. The van der Waals surface area contributed by atoms with Crippen LogP contribution in [-0.4, -0.2) is 36.6 Å². The van der Waals surface area contributed by atoms with Gasteiger partial charge < -0.3 is 9.73 Å². The fourth-order valence-electron chi connectivity index (χ4n) is 2.58. The van der Waals surface area contributed by atoms with E-state index in [9.17, 15) is 0 Å². The van der Waals surface area contributed by atoms with Gasteiger partial charge in [-0.3, -0.25) is 4.90 Å². The summed E-state index contributed by atoms with van der Waals surface area (Å²) < 4.78 is 5.65. The van der Waals surface area contributed by atoms with Crippen molar-refractivity contribution in [2.24, 2.45) is 5.92 Å². The summed E-state index contributed by atoms with van der Waals surface area (Å²) in [6.45, 7) is 8.35. The highest BCUT2D eigenvalue weighted by atomic mass is 16.4. The van der Waals surface area contributed by atoms with Crippen molar-refractivity contribution in [1.82, 2.24) is 15.2 Å². The Morgan fingerprint density at radius 3 is 2.61 bits per heavy atom. The first-order valence-corrected chi connectivity index (χ1v) is 6.99. The van der Waals surface area contributed by atoms with Gasteiger partial charge in [-0.05, 0) is 65.7 Å². The van der Waals surface area contributed by atoms with Gasteiger partial charge in [0.05, 0.1) is 12.2 Å². The number of hydrogen-bond acceptors (Lipinski definition) is 4. The number of hydrogen-bond donors (Lipinski definition) is 1. The highest BCUT2D eigenvalue weighted by Gasteiger charge is 2.20. The molecule has 0 radical (unpaired) electrons. The minimum atomic E-state index is 0.868. The van der Waals surface area contributed by atoms with E-state index in [1.807, 2.05) is 20.9 Å². The van der Waals surface area contributed by atoms with Gasteiger partial charge in [-0.1, -0.05) is 0 Å². The van der Waals surface area contributed by atoms with Gasteiger partial charge in [-0.2, -0.15) is 0 Å². The largest absolute Gasteiger partial charge is 0.444 e. The van der Waals surface area contributed by atoms with E-state index < -0.39 is 0 Å². The Labute approximate surface area is 110 Å². The molecule has 1 fully saturated rings. The number of aryl methyl sites for hydroxylation is 2. The third-order valence-corrected chi connectivity index (χ3v) is 3.94. The Bertz CT molecular complexity index is 348. The number of rotatable bonds is 5. The lowest BCUT2D eigenvalue weighted by molar-refractivity contribution is 0.159. The molecule has 1 aromatic heterocycles. The molecule has 2 rings (SSSR count). The van der Waals surface area contributed by atoms with Gasteiger partial charge >= 0.3 is 0 Å². The van der Waals surface area contributed by atoms with Crippen molar-refractivity contribution < 1.29 is 4.42 Å². The van der Waals surface area contributed by atoms with Gasteiger partial charge in [0.25, 0.3) is 0 Å². The van der Waals surface area contributed by atoms with Crippen LogP contribution in [0.15, 0.2) is 4.42 Å². The summed E-state index contributed by atoms with van der Waals surface area (Å²) in [6, 6.07) is 0. The topological polar surface area (TPSA) is 41.3 Å². The van der Waals surface area contributed by atoms with Gasteiger partial charge in [-0.25, -0.2) is 4.98 Å². The van der Waals surface area contributed by atoms with Crippen LogP contribution in [0.5, 0.6) is 0 Å². The minimum Gasteiger partial charge on any atom is -0.444 e. The van der Waals surface area contributed by atoms with Gasteiger partial charge in [0.1, 0.15) is 5.76 Å². The van der Waals surface area contributed by atoms with E-state index in [2.05, 4.69) is 15.2 Å². The molecule has 0 saturated carbocycles. The summed E-state index contributed by atoms with van der Waals surface area (Å²) in [5, 5.41) is 3.24. The summed E-state index contributed by atoms with van der Waals surface area (Å²) in [7, 11) is 2.03. The first kappa shape index (κ1) is 13.6. The highest BCUT2D eigenvalue weighted by Crippen LogP contribution is 2.21. The number of nitrogens with one attached hydrogen (secondary N) is 1. The Balaban J connectivity index is 1.76. The third-order valence-electron chi connectivity index (χ3n) is 3.94. The van der Waals surface area contributed by atoms with E-state index in [0.717, 1.165) is 36.4 Å². The summed E-state index contributed by atoms with van der Waals surface area (Å²) in [6.07, 6.45) is 3.92. The zero-order chi connectivity index (χ0) is 13.0. The zero-order valence-electron chi connectivity index (χ0n) is 11.8. The van der Waals surface area contributed by atoms with Crippen molar-refractivity contribution in [3.63, 3.8) is 0 Å². The van der Waals surface area contributed by atoms with Gasteiger partial charge in [0.2, 0.25) is 5.89 Å². The van der Waals surface area contributed by atoms with Gasteiger partial charge in [-0.15, -0.1) is 0 Å². The molecule has 4 heteroatoms. The van der Waals surface area contributed by atoms with E-state index >= 15 is 0 Å². The quantitative estimate of drug-likeness (QED) is 0.870. The fourth-order valence-corrected chi connectivity index (χ4v) is 2.58. The monoisotopic (exact) mass is 251 g/mol. The molecule has 102 valence electrons. The second kappa shape index (κ2) is 6.34. The van der Waals surface area contributed by atoms with Crippen LogP contribution in [0, 0.1) is 19.8 Å². The van der Waals surface area contributed by atoms with E-state index in [1.54, 1.807) is 0 Å². The lowest BCUT2D eigenvalue weighted by atomic mass is 9.93. The fraction of sp³-hybridized carbons (Fsp3) is 0.786. The van der Waals surface area contributed by atoms with Crippen LogP contribution in [0.3, 0.4) is 0 Å². The van der Waals surface area contributed by atoms with Gasteiger partial charge in [0, 0.05) is 0 Å². The first-order chi connectivity index (χ1) is 8.69. The van der Waals surface area contributed by atoms with Crippen molar-refractivity contribution in [3.05, 3.63) is 17.3 Å². The van der Waals surface area contributed by atoms with Crippen molar-refractivity contribution in [2.75, 3.05) is 26.7 Å². The molecule has 0 atom stereocenters. The molecular formula is C14H25N3O. The van der Waals surface area contributed by atoms with Crippen LogP contribution in [0.25, 0.3) is 0 Å². The van der Waals surface area contributed by atoms with Crippen LogP contribution in [-0.2, 0) is 6.54 Å².